The van der Waals surface area contributed by atoms with E-state index in [1.807, 2.05) is 7.05 Å². The van der Waals surface area contributed by atoms with Gasteiger partial charge in [0.25, 0.3) is 0 Å². The number of rotatable bonds is 6. The van der Waals surface area contributed by atoms with E-state index in [1.54, 1.807) is 12.1 Å². The Kier molecular flexibility index (Phi) is 5.39. The zero-order chi connectivity index (χ0) is 12.0. The fourth-order valence-corrected chi connectivity index (χ4v) is 1.83. The van der Waals surface area contributed by atoms with Crippen molar-refractivity contribution in [1.82, 2.24) is 5.32 Å². The molecule has 0 aliphatic carbocycles. The Morgan fingerprint density at radius 2 is 2.06 bits per heavy atom. The smallest absolute Gasteiger partial charge is 0.162 e. The minimum absolute atomic E-state index is 0.469. The predicted octanol–water partition coefficient (Wildman–Crippen LogP) is 3.29. The second-order valence-corrected chi connectivity index (χ2v) is 4.00. The van der Waals surface area contributed by atoms with E-state index in [0.29, 0.717) is 18.0 Å². The number of halogens is 2. The highest BCUT2D eigenvalue weighted by Crippen LogP contribution is 2.14. The molecule has 0 heterocycles. The lowest BCUT2D eigenvalue weighted by Crippen LogP contribution is -2.24. The molecule has 0 bridgehead atoms. The van der Waals surface area contributed by atoms with Gasteiger partial charge in [0.05, 0.1) is 0 Å². The average Bonchev–Trinajstić information content (AvgIpc) is 2.30. The van der Waals surface area contributed by atoms with Crippen LogP contribution < -0.4 is 5.32 Å². The van der Waals surface area contributed by atoms with Crippen molar-refractivity contribution in [3.63, 3.8) is 0 Å². The van der Waals surface area contributed by atoms with Gasteiger partial charge >= 0.3 is 0 Å². The second-order valence-electron chi connectivity index (χ2n) is 4.00. The molecule has 1 N–H and O–H groups in total. The van der Waals surface area contributed by atoms with Crippen LogP contribution in [0.2, 0.25) is 0 Å². The van der Waals surface area contributed by atoms with E-state index < -0.39 is 11.6 Å². The molecule has 0 amide bonds. The molecule has 3 heteroatoms. The maximum absolute atomic E-state index is 13.3. The monoisotopic (exact) mass is 227 g/mol. The summed E-state index contributed by atoms with van der Waals surface area (Å²) in [6.07, 6.45) is 3.52. The van der Waals surface area contributed by atoms with Gasteiger partial charge in [0, 0.05) is 6.04 Å². The molecule has 0 spiro atoms. The highest BCUT2D eigenvalue weighted by atomic mass is 19.2. The molecule has 0 saturated carbocycles. The summed E-state index contributed by atoms with van der Waals surface area (Å²) >= 11 is 0. The van der Waals surface area contributed by atoms with Crippen LogP contribution in [0.25, 0.3) is 0 Å². The third-order valence-electron chi connectivity index (χ3n) is 2.93. The summed E-state index contributed by atoms with van der Waals surface area (Å²) in [5, 5.41) is 3.20. The minimum atomic E-state index is -0.752. The molecule has 1 nitrogen and oxygen atoms in total. The van der Waals surface area contributed by atoms with Crippen molar-refractivity contribution < 1.29 is 8.78 Å². The highest BCUT2D eigenvalue weighted by Gasteiger charge is 2.08. The summed E-state index contributed by atoms with van der Waals surface area (Å²) in [5.41, 5.74) is 0.478. The molecule has 1 atom stereocenters. The van der Waals surface area contributed by atoms with Crippen molar-refractivity contribution in [3.8, 4) is 0 Å². The standard InChI is InChI=1S/C13H19F2N/c1-3-11(16-2)8-4-6-10-7-5-9-12(14)13(10)15/h5,7,9,11,16H,3-4,6,8H2,1-2H3. The van der Waals surface area contributed by atoms with Gasteiger partial charge in [0.2, 0.25) is 0 Å². The van der Waals surface area contributed by atoms with E-state index in [9.17, 15) is 8.78 Å². The van der Waals surface area contributed by atoms with E-state index in [0.717, 1.165) is 25.3 Å². The molecule has 1 rings (SSSR count). The van der Waals surface area contributed by atoms with Crippen molar-refractivity contribution in [2.45, 2.75) is 38.6 Å². The topological polar surface area (TPSA) is 12.0 Å². The quantitative estimate of drug-likeness (QED) is 0.786. The van der Waals surface area contributed by atoms with Crippen LogP contribution in [0.3, 0.4) is 0 Å². The van der Waals surface area contributed by atoms with Crippen molar-refractivity contribution in [2.75, 3.05) is 7.05 Å². The van der Waals surface area contributed by atoms with E-state index in [1.165, 1.54) is 0 Å². The maximum Gasteiger partial charge on any atom is 0.162 e. The normalized spacial score (nSPS) is 12.8. The summed E-state index contributed by atoms with van der Waals surface area (Å²) in [5.74, 6) is -1.45. The first-order valence-corrected chi connectivity index (χ1v) is 5.79. The van der Waals surface area contributed by atoms with Gasteiger partial charge in [-0.3, -0.25) is 0 Å². The van der Waals surface area contributed by atoms with Crippen molar-refractivity contribution >= 4 is 0 Å². The van der Waals surface area contributed by atoms with Crippen LogP contribution in [0.15, 0.2) is 18.2 Å². The molecule has 0 saturated heterocycles. The van der Waals surface area contributed by atoms with E-state index in [-0.39, 0.29) is 0 Å². The molecule has 90 valence electrons. The van der Waals surface area contributed by atoms with Gasteiger partial charge in [-0.05, 0) is 44.4 Å². The van der Waals surface area contributed by atoms with Crippen molar-refractivity contribution in [1.29, 1.82) is 0 Å². The Labute approximate surface area is 95.9 Å². The van der Waals surface area contributed by atoms with Crippen molar-refractivity contribution in [2.24, 2.45) is 0 Å². The van der Waals surface area contributed by atoms with Gasteiger partial charge in [-0.25, -0.2) is 8.78 Å². The van der Waals surface area contributed by atoms with Crippen LogP contribution in [0.1, 0.15) is 31.7 Å². The van der Waals surface area contributed by atoms with Crippen molar-refractivity contribution in [3.05, 3.63) is 35.4 Å². The van der Waals surface area contributed by atoms with Crippen LogP contribution in [-0.4, -0.2) is 13.1 Å². The lowest BCUT2D eigenvalue weighted by Gasteiger charge is -2.13. The number of hydrogen-bond donors (Lipinski definition) is 1. The molecule has 1 aromatic carbocycles. The minimum Gasteiger partial charge on any atom is -0.317 e. The summed E-state index contributed by atoms with van der Waals surface area (Å²) in [7, 11) is 1.93. The molecule has 1 unspecified atom stereocenters. The Hall–Kier alpha value is -0.960. The van der Waals surface area contributed by atoms with Crippen LogP contribution in [0.4, 0.5) is 8.78 Å². The lowest BCUT2D eigenvalue weighted by molar-refractivity contribution is 0.475. The van der Waals surface area contributed by atoms with E-state index >= 15 is 0 Å². The number of nitrogens with one attached hydrogen (secondary N) is 1. The zero-order valence-corrected chi connectivity index (χ0v) is 9.89. The Morgan fingerprint density at radius 1 is 1.31 bits per heavy atom. The summed E-state index contributed by atoms with van der Waals surface area (Å²) < 4.78 is 26.2. The predicted molar refractivity (Wildman–Crippen MR) is 62.4 cm³/mol. The summed E-state index contributed by atoms with van der Waals surface area (Å²) in [6.45, 7) is 2.12. The first kappa shape index (κ1) is 13.1. The molecule has 0 aromatic heterocycles. The first-order valence-electron chi connectivity index (χ1n) is 5.79. The van der Waals surface area contributed by atoms with Crippen LogP contribution in [0.5, 0.6) is 0 Å². The molecule has 0 fully saturated rings. The molecule has 0 radical (unpaired) electrons. The number of benzene rings is 1. The third-order valence-corrected chi connectivity index (χ3v) is 2.93. The molecular weight excluding hydrogens is 208 g/mol. The highest BCUT2D eigenvalue weighted by molar-refractivity contribution is 5.18. The molecule has 0 aliphatic rings. The number of hydrogen-bond acceptors (Lipinski definition) is 1. The zero-order valence-electron chi connectivity index (χ0n) is 9.89. The molecule has 16 heavy (non-hydrogen) atoms. The van der Waals surface area contributed by atoms with Crippen LogP contribution >= 0.6 is 0 Å². The Morgan fingerprint density at radius 3 is 2.69 bits per heavy atom. The van der Waals surface area contributed by atoms with E-state index in [2.05, 4.69) is 12.2 Å². The van der Waals surface area contributed by atoms with Gasteiger partial charge in [-0.15, -0.1) is 0 Å². The maximum atomic E-state index is 13.3. The third kappa shape index (κ3) is 3.56. The second kappa shape index (κ2) is 6.59. The fourth-order valence-electron chi connectivity index (χ4n) is 1.83. The summed E-state index contributed by atoms with van der Waals surface area (Å²) in [4.78, 5) is 0. The lowest BCUT2D eigenvalue weighted by atomic mass is 10.0. The molecule has 1 aromatic rings. The Balaban J connectivity index is 2.46. The average molecular weight is 227 g/mol. The SMILES string of the molecule is CCC(CCCc1cccc(F)c1F)NC. The van der Waals surface area contributed by atoms with Gasteiger partial charge in [0.15, 0.2) is 11.6 Å². The first-order chi connectivity index (χ1) is 7.69. The van der Waals surface area contributed by atoms with Gasteiger partial charge in [0.1, 0.15) is 0 Å². The summed E-state index contributed by atoms with van der Waals surface area (Å²) in [6, 6.07) is 4.83. The Bertz CT molecular complexity index is 322. The van der Waals surface area contributed by atoms with E-state index in [4.69, 9.17) is 0 Å². The molecule has 0 aliphatic heterocycles. The van der Waals surface area contributed by atoms with Gasteiger partial charge in [-0.1, -0.05) is 19.1 Å². The fraction of sp³-hybridized carbons (Fsp3) is 0.538. The van der Waals surface area contributed by atoms with Gasteiger partial charge in [-0.2, -0.15) is 0 Å². The van der Waals surface area contributed by atoms with Crippen LogP contribution in [0, 0.1) is 11.6 Å². The largest absolute Gasteiger partial charge is 0.317 e. The van der Waals surface area contributed by atoms with Gasteiger partial charge < -0.3 is 5.32 Å². The van der Waals surface area contributed by atoms with Crippen LogP contribution in [-0.2, 0) is 6.42 Å². The molecular formula is C13H19F2N. The number of aryl methyl sites for hydroxylation is 1.